The molecule has 9 rings (SSSR count). The number of rotatable bonds is 9. The number of likely N-dealkylation sites (tertiary alicyclic amines) is 1. The Morgan fingerprint density at radius 3 is 2.05 bits per heavy atom. The minimum Gasteiger partial charge on any atom is -0.494 e. The first-order valence-electron chi connectivity index (χ1n) is 20.4. The van der Waals surface area contributed by atoms with Crippen molar-refractivity contribution < 1.29 is 38.0 Å². The van der Waals surface area contributed by atoms with Crippen LogP contribution in [-0.2, 0) is 30.9 Å². The number of fused-ring (bicyclic) bond motifs is 11. The number of anilines is 2. The van der Waals surface area contributed by atoms with E-state index in [-0.39, 0.29) is 53.7 Å². The highest BCUT2D eigenvalue weighted by molar-refractivity contribution is 6.07. The maximum Gasteiger partial charge on any atom is 0.331 e. The van der Waals surface area contributed by atoms with Gasteiger partial charge >= 0.3 is 11.7 Å². The van der Waals surface area contributed by atoms with Gasteiger partial charge in [0.2, 0.25) is 23.7 Å². The maximum absolute atomic E-state index is 14.8. The summed E-state index contributed by atoms with van der Waals surface area (Å²) < 4.78 is 26.3. The lowest BCUT2D eigenvalue weighted by atomic mass is 10.1. The number of carbonyl (C=O) groups excluding carboxylic acids is 4. The van der Waals surface area contributed by atoms with Crippen molar-refractivity contribution in [1.29, 1.82) is 0 Å². The van der Waals surface area contributed by atoms with Gasteiger partial charge in [0.25, 0.3) is 11.7 Å². The highest BCUT2D eigenvalue weighted by Gasteiger charge is 2.39. The van der Waals surface area contributed by atoms with E-state index in [1.807, 2.05) is 26.0 Å². The Hall–Kier alpha value is -7.13. The summed E-state index contributed by atoms with van der Waals surface area (Å²) in [4.78, 5) is 66.4. The first-order valence-corrected chi connectivity index (χ1v) is 20.4. The van der Waals surface area contributed by atoms with Gasteiger partial charge in [-0.1, -0.05) is 12.2 Å². The van der Waals surface area contributed by atoms with Crippen LogP contribution in [0.4, 0.5) is 11.9 Å². The number of hydrogen-bond acceptors (Lipinski definition) is 12. The van der Waals surface area contributed by atoms with Crippen molar-refractivity contribution in [2.75, 3.05) is 44.0 Å². The molecule has 4 aromatic heterocycles. The van der Waals surface area contributed by atoms with Gasteiger partial charge in [0, 0.05) is 61.9 Å². The first-order chi connectivity index (χ1) is 29.9. The van der Waals surface area contributed by atoms with Crippen LogP contribution in [0.25, 0.3) is 27.8 Å². The fourth-order valence-corrected chi connectivity index (χ4v) is 8.80. The van der Waals surface area contributed by atoms with E-state index in [0.717, 1.165) is 13.0 Å². The number of nitrogens with zero attached hydrogens (tertiary/aromatic N) is 10. The number of aryl methyl sites for hydroxylation is 4. The van der Waals surface area contributed by atoms with Gasteiger partial charge in [-0.05, 0) is 51.5 Å². The summed E-state index contributed by atoms with van der Waals surface area (Å²) in [6.07, 6.45) is 4.95. The number of carbonyl (C=O) groups is 4. The fourth-order valence-electron chi connectivity index (χ4n) is 8.80. The molecule has 0 radical (unpaired) electrons. The molecular formula is C41H47N14O7+. The van der Waals surface area contributed by atoms with Crippen molar-refractivity contribution in [2.24, 2.45) is 11.5 Å². The second-order valence-corrected chi connectivity index (χ2v) is 15.4. The Morgan fingerprint density at radius 1 is 0.871 bits per heavy atom. The molecule has 62 heavy (non-hydrogen) atoms. The molecule has 2 atom stereocenters. The molecular weight excluding hydrogens is 801 g/mol. The van der Waals surface area contributed by atoms with Crippen LogP contribution in [0.15, 0.2) is 36.4 Å². The number of nitrogens with one attached hydrogen (secondary N) is 2. The summed E-state index contributed by atoms with van der Waals surface area (Å²) in [5, 5.41) is 15.4. The number of aromatic nitrogens is 9. The van der Waals surface area contributed by atoms with Crippen LogP contribution in [0.2, 0.25) is 0 Å². The van der Waals surface area contributed by atoms with Crippen LogP contribution in [0.1, 0.15) is 73.6 Å². The Balaban J connectivity index is 1.23. The average molecular weight is 848 g/mol. The number of primary amides is 2. The minimum absolute atomic E-state index is 0.103. The average Bonchev–Trinajstić information content (AvgIpc) is 4.11. The standard InChI is InChI=1S/C41H46N14O7/c1-6-53-34-31(21(3)48-53)55-22(4)49-54(7-2)39(55)38(59)47-41-44-27-14-23(35(42)56)16-29(60-5)32(27)51(41)10-8-9-11-52-33-28(45-40(52)46-37(34)58)15-24(36(43)57)17-30(33)61-13-12-50-19-26-18-25(50)20-62-26/h8-9,14-17,25-26H,6-7,10-13,18-20H2,1-5H3,(H5-,42,43,44,45,46,47,56,57,58,59)/p+1/b9-8+. The van der Waals surface area contributed by atoms with Crippen molar-refractivity contribution in [3.63, 3.8) is 0 Å². The van der Waals surface area contributed by atoms with Crippen molar-refractivity contribution in [1.82, 2.24) is 43.6 Å². The molecule has 0 spiro atoms. The van der Waals surface area contributed by atoms with E-state index in [1.54, 1.807) is 50.4 Å². The normalized spacial score (nSPS) is 18.3. The highest BCUT2D eigenvalue weighted by Crippen LogP contribution is 2.34. The summed E-state index contributed by atoms with van der Waals surface area (Å²) in [6, 6.07) is 6.58. The number of methoxy groups -OCH3 is 1. The second-order valence-electron chi connectivity index (χ2n) is 15.4. The van der Waals surface area contributed by atoms with E-state index in [2.05, 4.69) is 15.5 Å². The summed E-state index contributed by atoms with van der Waals surface area (Å²) in [7, 11) is 1.47. The quantitative estimate of drug-likeness (QED) is 0.120. The van der Waals surface area contributed by atoms with Crippen LogP contribution in [0.3, 0.4) is 0 Å². The molecule has 21 nitrogen and oxygen atoms in total. The number of allylic oxidation sites excluding steroid dienone is 2. The third kappa shape index (κ3) is 6.78. The Bertz CT molecular complexity index is 2870. The number of benzene rings is 2. The minimum atomic E-state index is -0.673. The Labute approximate surface area is 354 Å². The van der Waals surface area contributed by atoms with Gasteiger partial charge in [-0.2, -0.15) is 9.67 Å². The van der Waals surface area contributed by atoms with Crippen LogP contribution in [-0.4, -0.2) is 113 Å². The molecule has 0 aliphatic carbocycles. The first kappa shape index (κ1) is 40.3. The molecule has 2 aromatic carbocycles. The summed E-state index contributed by atoms with van der Waals surface area (Å²) in [6.45, 7) is 10.6. The zero-order valence-electron chi connectivity index (χ0n) is 35.0. The molecule has 4 amide bonds. The van der Waals surface area contributed by atoms with Gasteiger partial charge in [-0.3, -0.25) is 39.4 Å². The number of amides is 4. The number of ether oxygens (including phenoxy) is 3. The monoisotopic (exact) mass is 847 g/mol. The number of hydrogen-bond donors (Lipinski definition) is 4. The van der Waals surface area contributed by atoms with E-state index in [4.69, 9.17) is 45.8 Å². The van der Waals surface area contributed by atoms with Crippen LogP contribution >= 0.6 is 0 Å². The van der Waals surface area contributed by atoms with Crippen LogP contribution < -0.4 is 36.1 Å². The summed E-state index contributed by atoms with van der Waals surface area (Å²) in [5.74, 6) is -0.958. The predicted molar refractivity (Wildman–Crippen MR) is 224 cm³/mol. The zero-order chi connectivity index (χ0) is 43.6. The lowest BCUT2D eigenvalue weighted by molar-refractivity contribution is -0.606. The Kier molecular flexibility index (Phi) is 10.2. The van der Waals surface area contributed by atoms with Crippen molar-refractivity contribution in [3.05, 3.63) is 70.6 Å². The third-order valence-corrected chi connectivity index (χ3v) is 11.6. The largest absolute Gasteiger partial charge is 0.494 e. The van der Waals surface area contributed by atoms with E-state index in [0.29, 0.717) is 89.7 Å². The van der Waals surface area contributed by atoms with Gasteiger partial charge in [-0.25, -0.2) is 9.97 Å². The number of imidazole rings is 2. The molecule has 3 aliphatic heterocycles. The van der Waals surface area contributed by atoms with Gasteiger partial charge < -0.3 is 34.8 Å². The molecule has 3 aliphatic rings. The van der Waals surface area contributed by atoms with Crippen molar-refractivity contribution in [3.8, 4) is 17.2 Å². The van der Waals surface area contributed by atoms with Gasteiger partial charge in [0.15, 0.2) is 11.4 Å². The van der Waals surface area contributed by atoms with E-state index in [1.165, 1.54) is 17.9 Å². The highest BCUT2D eigenvalue weighted by atomic mass is 16.5. The summed E-state index contributed by atoms with van der Waals surface area (Å²) in [5.41, 5.74) is 14.6. The number of nitrogens with two attached hydrogens (primary N) is 2. The van der Waals surface area contributed by atoms with Crippen molar-refractivity contribution in [2.45, 2.75) is 72.4 Å². The SMILES string of the molecule is CCn1nc(C)c2c1C(=O)Nc1nc3cc(C(N)=O)cc(OCCN4CC5CC4CO5)c3n1C/C=C/Cn1c(nc3cc(C(N)=O)cc(OC)c31)NC(=O)c1n(CC)nc(C)[n+]1-2. The number of morpholine rings is 1. The van der Waals surface area contributed by atoms with Crippen LogP contribution in [0, 0.1) is 13.8 Å². The molecule has 0 saturated carbocycles. The molecule has 2 fully saturated rings. The molecule has 2 saturated heterocycles. The predicted octanol–water partition coefficient (Wildman–Crippen LogP) is 1.85. The third-order valence-electron chi connectivity index (χ3n) is 11.6. The van der Waals surface area contributed by atoms with Crippen molar-refractivity contribution >= 4 is 57.6 Å². The molecule has 2 bridgehead atoms. The fraction of sp³-hybridized carbons (Fsp3) is 0.390. The maximum atomic E-state index is 14.8. The van der Waals surface area contributed by atoms with Gasteiger partial charge in [0.1, 0.15) is 35.7 Å². The Morgan fingerprint density at radius 2 is 1.48 bits per heavy atom. The zero-order valence-corrected chi connectivity index (χ0v) is 35.0. The smallest absolute Gasteiger partial charge is 0.331 e. The van der Waals surface area contributed by atoms with E-state index in [9.17, 15) is 19.2 Å². The molecule has 6 aromatic rings. The lowest BCUT2D eigenvalue weighted by Gasteiger charge is -2.26. The topological polar surface area (TPSA) is 250 Å². The molecule has 7 heterocycles. The molecule has 21 heteroatoms. The second kappa shape index (κ2) is 15.7. The van der Waals surface area contributed by atoms with Gasteiger partial charge in [-0.15, -0.1) is 4.68 Å². The van der Waals surface area contributed by atoms with Crippen LogP contribution in [0.5, 0.6) is 11.5 Å². The lowest BCUT2D eigenvalue weighted by Crippen LogP contribution is -2.44. The van der Waals surface area contributed by atoms with E-state index < -0.39 is 23.6 Å². The van der Waals surface area contributed by atoms with E-state index >= 15 is 0 Å². The molecule has 322 valence electrons. The summed E-state index contributed by atoms with van der Waals surface area (Å²) >= 11 is 0. The molecule has 2 unspecified atom stereocenters. The van der Waals surface area contributed by atoms with Gasteiger partial charge in [0.05, 0.1) is 36.5 Å². The molecule has 6 N–H and O–H groups in total.